The molecule has 174 valence electrons. The second-order valence-corrected chi connectivity index (χ2v) is 8.04. The Morgan fingerprint density at radius 1 is 0.667 bits per heavy atom. The van der Waals surface area contributed by atoms with Crippen LogP contribution in [0.1, 0.15) is 32.7 Å². The maximum Gasteiger partial charge on any atom is 0.180 e. The van der Waals surface area contributed by atoms with E-state index in [0.29, 0.717) is 11.1 Å². The molecular formula is C27H30Cl2N2O2. The van der Waals surface area contributed by atoms with E-state index in [4.69, 9.17) is 0 Å². The smallest absolute Gasteiger partial charge is 0.180 e. The maximum atomic E-state index is 13.4. The largest absolute Gasteiger partial charge is 0.297 e. The summed E-state index contributed by atoms with van der Waals surface area (Å²) in [6.45, 7) is 4.23. The van der Waals surface area contributed by atoms with Gasteiger partial charge in [-0.25, -0.2) is 0 Å². The third kappa shape index (κ3) is 7.24. The molecule has 1 unspecified atom stereocenters. The lowest BCUT2D eigenvalue weighted by molar-refractivity contribution is 0.0599. The quantitative estimate of drug-likeness (QED) is 0.413. The maximum absolute atomic E-state index is 13.4. The zero-order valence-electron chi connectivity index (χ0n) is 18.5. The Balaban J connectivity index is 0.00000193. The van der Waals surface area contributed by atoms with Crippen molar-refractivity contribution in [1.82, 2.24) is 9.80 Å². The third-order valence-electron chi connectivity index (χ3n) is 5.93. The number of rotatable bonds is 8. The summed E-state index contributed by atoms with van der Waals surface area (Å²) < 4.78 is 0. The lowest BCUT2D eigenvalue weighted by Crippen LogP contribution is -2.53. The number of nitrogens with zero attached hydrogens (tertiary/aromatic N) is 2. The minimum Gasteiger partial charge on any atom is -0.297 e. The van der Waals surface area contributed by atoms with Gasteiger partial charge in [0.2, 0.25) is 0 Å². The van der Waals surface area contributed by atoms with Gasteiger partial charge in [-0.1, -0.05) is 91.0 Å². The van der Waals surface area contributed by atoms with Gasteiger partial charge in [-0.05, 0) is 5.56 Å². The van der Waals surface area contributed by atoms with E-state index in [-0.39, 0.29) is 42.8 Å². The van der Waals surface area contributed by atoms with Crippen LogP contribution in [0.15, 0.2) is 91.0 Å². The number of benzene rings is 3. The van der Waals surface area contributed by atoms with E-state index in [1.54, 1.807) is 0 Å². The molecule has 1 atom stereocenters. The number of ketones is 2. The summed E-state index contributed by atoms with van der Waals surface area (Å²) in [5.74, 6) is 0.0444. The molecule has 1 aliphatic heterocycles. The second kappa shape index (κ2) is 13.3. The minimum atomic E-state index is -0.436. The molecule has 0 amide bonds. The number of Topliss-reactive ketones (excluding diaryl/α,β-unsaturated/α-hetero) is 2. The Morgan fingerprint density at radius 2 is 1.15 bits per heavy atom. The summed E-state index contributed by atoms with van der Waals surface area (Å²) in [6.07, 6.45) is 0.205. The lowest BCUT2D eigenvalue weighted by Gasteiger charge is -2.38. The highest BCUT2D eigenvalue weighted by atomic mass is 35.5. The predicted molar refractivity (Wildman–Crippen MR) is 138 cm³/mol. The zero-order valence-corrected chi connectivity index (χ0v) is 20.1. The van der Waals surface area contributed by atoms with Gasteiger partial charge in [0.15, 0.2) is 11.6 Å². The van der Waals surface area contributed by atoms with Gasteiger partial charge in [0.05, 0.1) is 6.04 Å². The van der Waals surface area contributed by atoms with Crippen LogP contribution in [0.3, 0.4) is 0 Å². The molecule has 1 saturated heterocycles. The van der Waals surface area contributed by atoms with Gasteiger partial charge in [-0.15, -0.1) is 24.8 Å². The molecule has 1 heterocycles. The fourth-order valence-corrected chi connectivity index (χ4v) is 4.17. The van der Waals surface area contributed by atoms with Crippen molar-refractivity contribution >= 4 is 36.4 Å². The third-order valence-corrected chi connectivity index (χ3v) is 5.93. The Hall–Kier alpha value is -2.50. The molecule has 4 nitrogen and oxygen atoms in total. The number of piperazine rings is 1. The lowest BCUT2D eigenvalue weighted by atomic mass is 9.95. The van der Waals surface area contributed by atoms with E-state index in [2.05, 4.69) is 34.1 Å². The topological polar surface area (TPSA) is 40.6 Å². The average molecular weight is 485 g/mol. The molecule has 0 aromatic heterocycles. The van der Waals surface area contributed by atoms with Gasteiger partial charge in [0.1, 0.15) is 0 Å². The van der Waals surface area contributed by atoms with Gasteiger partial charge in [0.25, 0.3) is 0 Å². The second-order valence-electron chi connectivity index (χ2n) is 8.04. The predicted octanol–water partition coefficient (Wildman–Crippen LogP) is 5.17. The van der Waals surface area contributed by atoms with Crippen LogP contribution in [0.5, 0.6) is 0 Å². The monoisotopic (exact) mass is 484 g/mol. The molecule has 1 aliphatic rings. The molecule has 0 spiro atoms. The molecule has 33 heavy (non-hydrogen) atoms. The van der Waals surface area contributed by atoms with Crippen LogP contribution in [0.4, 0.5) is 0 Å². The molecule has 0 aliphatic carbocycles. The van der Waals surface area contributed by atoms with E-state index in [0.717, 1.165) is 32.7 Å². The van der Waals surface area contributed by atoms with Gasteiger partial charge >= 0.3 is 0 Å². The summed E-state index contributed by atoms with van der Waals surface area (Å²) in [7, 11) is 0. The molecule has 6 heteroatoms. The number of carbonyl (C=O) groups excluding carboxylic acids is 2. The summed E-state index contributed by atoms with van der Waals surface area (Å²) in [6, 6.07) is 28.6. The van der Waals surface area contributed by atoms with Crippen molar-refractivity contribution in [2.75, 3.05) is 26.2 Å². The van der Waals surface area contributed by atoms with Crippen LogP contribution in [-0.2, 0) is 6.54 Å². The standard InChI is InChI=1S/C27H28N2O2.2ClH/c30-26(23-12-6-2-7-13-23)20-25(27(31)24-14-8-3-9-15-24)29-18-16-28(17-19-29)21-22-10-4-1-5-11-22;;/h1-15,25H,16-21H2;2*1H. The Kier molecular flexibility index (Phi) is 10.8. The van der Waals surface area contributed by atoms with Crippen molar-refractivity contribution in [3.63, 3.8) is 0 Å². The number of halogens is 2. The first kappa shape index (κ1) is 26.7. The van der Waals surface area contributed by atoms with Gasteiger partial charge in [0, 0.05) is 50.3 Å². The van der Waals surface area contributed by atoms with Gasteiger partial charge in [-0.2, -0.15) is 0 Å². The Labute approximate surface area is 208 Å². The summed E-state index contributed by atoms with van der Waals surface area (Å²) >= 11 is 0. The van der Waals surface area contributed by atoms with Crippen molar-refractivity contribution in [3.05, 3.63) is 108 Å². The van der Waals surface area contributed by atoms with Crippen LogP contribution in [0.2, 0.25) is 0 Å². The highest BCUT2D eigenvalue weighted by Crippen LogP contribution is 2.19. The van der Waals surface area contributed by atoms with Crippen LogP contribution < -0.4 is 0 Å². The SMILES string of the molecule is Cl.Cl.O=C(CC(C(=O)c1ccccc1)N1CCN(Cc2ccccc2)CC1)c1ccccc1. The molecule has 0 radical (unpaired) electrons. The Bertz CT molecular complexity index is 992. The molecule has 0 saturated carbocycles. The van der Waals surface area contributed by atoms with E-state index in [9.17, 15) is 9.59 Å². The molecule has 0 N–H and O–H groups in total. The van der Waals surface area contributed by atoms with Crippen molar-refractivity contribution in [2.24, 2.45) is 0 Å². The van der Waals surface area contributed by atoms with Gasteiger partial charge < -0.3 is 0 Å². The van der Waals surface area contributed by atoms with Crippen LogP contribution in [-0.4, -0.2) is 53.6 Å². The first-order valence-corrected chi connectivity index (χ1v) is 10.9. The number of carbonyl (C=O) groups is 2. The normalized spacial score (nSPS) is 15.0. The van der Waals surface area contributed by atoms with Gasteiger partial charge in [-0.3, -0.25) is 19.4 Å². The summed E-state index contributed by atoms with van der Waals surface area (Å²) in [5.41, 5.74) is 2.63. The van der Waals surface area contributed by atoms with Crippen LogP contribution in [0.25, 0.3) is 0 Å². The van der Waals surface area contributed by atoms with E-state index in [1.165, 1.54) is 5.56 Å². The summed E-state index contributed by atoms with van der Waals surface area (Å²) in [4.78, 5) is 30.9. The van der Waals surface area contributed by atoms with Crippen molar-refractivity contribution in [1.29, 1.82) is 0 Å². The molecular weight excluding hydrogens is 455 g/mol. The number of hydrogen-bond acceptors (Lipinski definition) is 4. The summed E-state index contributed by atoms with van der Waals surface area (Å²) in [5, 5.41) is 0. The molecule has 0 bridgehead atoms. The minimum absolute atomic E-state index is 0. The highest BCUT2D eigenvalue weighted by molar-refractivity contribution is 6.05. The van der Waals surface area contributed by atoms with E-state index < -0.39 is 6.04 Å². The zero-order chi connectivity index (χ0) is 21.5. The van der Waals surface area contributed by atoms with Crippen molar-refractivity contribution in [3.8, 4) is 0 Å². The molecule has 1 fully saturated rings. The average Bonchev–Trinajstić information content (AvgIpc) is 2.84. The first-order chi connectivity index (χ1) is 15.2. The Morgan fingerprint density at radius 3 is 1.70 bits per heavy atom. The van der Waals surface area contributed by atoms with Crippen molar-refractivity contribution < 1.29 is 9.59 Å². The van der Waals surface area contributed by atoms with E-state index in [1.807, 2.05) is 66.7 Å². The van der Waals surface area contributed by atoms with E-state index >= 15 is 0 Å². The van der Waals surface area contributed by atoms with Crippen LogP contribution >= 0.6 is 24.8 Å². The molecule has 3 aromatic rings. The number of hydrogen-bond donors (Lipinski definition) is 0. The molecule has 4 rings (SSSR count). The highest BCUT2D eigenvalue weighted by Gasteiger charge is 2.31. The van der Waals surface area contributed by atoms with Crippen molar-refractivity contribution in [2.45, 2.75) is 19.0 Å². The fraction of sp³-hybridized carbons (Fsp3) is 0.259. The fourth-order valence-electron chi connectivity index (χ4n) is 4.17. The molecule has 3 aromatic carbocycles. The first-order valence-electron chi connectivity index (χ1n) is 10.9. The van der Waals surface area contributed by atoms with Crippen LogP contribution in [0, 0.1) is 0 Å².